The average molecular weight is 253 g/mol. The van der Waals surface area contributed by atoms with E-state index < -0.39 is 0 Å². The lowest BCUT2D eigenvalue weighted by atomic mass is 9.67. The van der Waals surface area contributed by atoms with Crippen LogP contribution in [0, 0.1) is 0 Å². The van der Waals surface area contributed by atoms with Crippen LogP contribution in [0.4, 0.5) is 0 Å². The molecular formula is C18H12BN. The van der Waals surface area contributed by atoms with Gasteiger partial charge in [0, 0.05) is 21.8 Å². The Balaban J connectivity index is 1.93. The third-order valence-electron chi connectivity index (χ3n) is 4.46. The first-order chi connectivity index (χ1) is 9.92. The number of rotatable bonds is 0. The summed E-state index contributed by atoms with van der Waals surface area (Å²) in [5, 5.41) is 2.66. The van der Waals surface area contributed by atoms with Gasteiger partial charge < -0.3 is 4.98 Å². The molecular weight excluding hydrogens is 241 g/mol. The molecule has 1 aliphatic heterocycles. The van der Waals surface area contributed by atoms with Gasteiger partial charge >= 0.3 is 0 Å². The number of benzene rings is 3. The van der Waals surface area contributed by atoms with Crippen LogP contribution < -0.4 is 10.9 Å². The molecule has 0 aliphatic carbocycles. The highest BCUT2D eigenvalue weighted by atomic mass is 14.7. The van der Waals surface area contributed by atoms with E-state index in [-0.39, 0.29) is 0 Å². The van der Waals surface area contributed by atoms with Crippen LogP contribution in [-0.2, 0) is 0 Å². The summed E-state index contributed by atoms with van der Waals surface area (Å²) >= 11 is 0. The fourth-order valence-corrected chi connectivity index (χ4v) is 3.54. The lowest BCUT2D eigenvalue weighted by molar-refractivity contribution is 1.56. The van der Waals surface area contributed by atoms with Gasteiger partial charge in [-0.2, -0.15) is 0 Å². The van der Waals surface area contributed by atoms with E-state index in [1.54, 1.807) is 0 Å². The second-order valence-electron chi connectivity index (χ2n) is 5.52. The first-order valence-electron chi connectivity index (χ1n) is 7.02. The van der Waals surface area contributed by atoms with E-state index in [4.69, 9.17) is 0 Å². The van der Waals surface area contributed by atoms with Gasteiger partial charge in [0.2, 0.25) is 0 Å². The molecule has 0 unspecified atom stereocenters. The maximum atomic E-state index is 3.61. The van der Waals surface area contributed by atoms with Crippen molar-refractivity contribution >= 4 is 40.0 Å². The quantitative estimate of drug-likeness (QED) is 0.408. The number of hydrogen-bond donors (Lipinski definition) is 1. The summed E-state index contributed by atoms with van der Waals surface area (Å²) < 4.78 is 0. The largest absolute Gasteiger partial charge is 0.355 e. The summed E-state index contributed by atoms with van der Waals surface area (Å²) in [6, 6.07) is 21.8. The molecule has 0 radical (unpaired) electrons. The van der Waals surface area contributed by atoms with Gasteiger partial charge in [-0.05, 0) is 22.7 Å². The van der Waals surface area contributed by atoms with Crippen molar-refractivity contribution in [2.45, 2.75) is 0 Å². The normalized spacial score (nSPS) is 12.4. The Morgan fingerprint density at radius 1 is 0.700 bits per heavy atom. The average Bonchev–Trinajstić information content (AvgIpc) is 3.05. The third-order valence-corrected chi connectivity index (χ3v) is 4.46. The van der Waals surface area contributed by atoms with E-state index in [1.807, 2.05) is 0 Å². The smallest absolute Gasteiger partial charge is 0.196 e. The van der Waals surface area contributed by atoms with Crippen molar-refractivity contribution in [2.75, 3.05) is 0 Å². The maximum absolute atomic E-state index is 3.61. The van der Waals surface area contributed by atoms with E-state index in [0.29, 0.717) is 0 Å². The maximum Gasteiger partial charge on any atom is 0.196 e. The molecule has 2 heteroatoms. The van der Waals surface area contributed by atoms with E-state index >= 15 is 0 Å². The summed E-state index contributed by atoms with van der Waals surface area (Å²) in [5.74, 6) is 0. The van der Waals surface area contributed by atoms with Crippen molar-refractivity contribution < 1.29 is 0 Å². The lowest BCUT2D eigenvalue weighted by Gasteiger charge is -2.02. The Labute approximate surface area is 117 Å². The van der Waals surface area contributed by atoms with Gasteiger partial charge in [0.05, 0.1) is 0 Å². The van der Waals surface area contributed by atoms with Crippen molar-refractivity contribution in [3.8, 4) is 11.1 Å². The molecule has 0 bridgehead atoms. The zero-order chi connectivity index (χ0) is 13.1. The second kappa shape index (κ2) is 3.54. The molecule has 1 aromatic heterocycles. The Morgan fingerprint density at radius 3 is 2.55 bits per heavy atom. The fraction of sp³-hybridized carbons (Fsp3) is 0. The zero-order valence-corrected chi connectivity index (χ0v) is 11.0. The van der Waals surface area contributed by atoms with E-state index in [0.717, 1.165) is 7.28 Å². The molecule has 0 saturated carbocycles. The zero-order valence-electron chi connectivity index (χ0n) is 11.0. The van der Waals surface area contributed by atoms with Crippen molar-refractivity contribution in [1.82, 2.24) is 4.98 Å². The van der Waals surface area contributed by atoms with Crippen LogP contribution in [0.25, 0.3) is 32.9 Å². The molecule has 1 N–H and O–H groups in total. The van der Waals surface area contributed by atoms with Gasteiger partial charge in [-0.15, -0.1) is 0 Å². The molecule has 0 amide bonds. The number of H-pyrrole nitrogens is 1. The number of hydrogen-bond acceptors (Lipinski definition) is 0. The van der Waals surface area contributed by atoms with E-state index in [2.05, 4.69) is 65.6 Å². The minimum Gasteiger partial charge on any atom is -0.355 e. The molecule has 0 saturated heterocycles. The highest BCUT2D eigenvalue weighted by Crippen LogP contribution is 2.29. The first kappa shape index (κ1) is 10.3. The molecule has 20 heavy (non-hydrogen) atoms. The Bertz CT molecular complexity index is 981. The van der Waals surface area contributed by atoms with Crippen molar-refractivity contribution in [3.05, 3.63) is 60.7 Å². The molecule has 0 atom stereocenters. The van der Waals surface area contributed by atoms with E-state index in [1.165, 1.54) is 43.9 Å². The molecule has 92 valence electrons. The highest BCUT2D eigenvalue weighted by molar-refractivity contribution is 6.75. The van der Waals surface area contributed by atoms with Gasteiger partial charge in [0.1, 0.15) is 0 Å². The Kier molecular flexibility index (Phi) is 1.83. The molecule has 0 fully saturated rings. The molecule has 1 aliphatic rings. The monoisotopic (exact) mass is 253 g/mol. The molecule has 3 aromatic carbocycles. The highest BCUT2D eigenvalue weighted by Gasteiger charge is 2.22. The number of nitrogens with one attached hydrogen (secondary N) is 1. The van der Waals surface area contributed by atoms with Crippen LogP contribution in [0.1, 0.15) is 0 Å². The molecule has 0 spiro atoms. The minimum absolute atomic E-state index is 1.04. The van der Waals surface area contributed by atoms with Crippen molar-refractivity contribution in [3.63, 3.8) is 0 Å². The molecule has 1 nitrogen and oxygen atoms in total. The van der Waals surface area contributed by atoms with Gasteiger partial charge in [0.15, 0.2) is 7.28 Å². The number of aromatic nitrogens is 1. The standard InChI is InChI=1S/C18H12BN/c1-3-7-15-11(5-1)13-9-10-14-12-6-2-4-8-16(12)20-18(14)17(13)19-15/h1-10,19-20H. The van der Waals surface area contributed by atoms with Gasteiger partial charge in [0.25, 0.3) is 0 Å². The molecule has 5 rings (SSSR count). The number of para-hydroxylation sites is 1. The third kappa shape index (κ3) is 1.19. The lowest BCUT2D eigenvalue weighted by Crippen LogP contribution is -2.21. The predicted molar refractivity (Wildman–Crippen MR) is 87.7 cm³/mol. The van der Waals surface area contributed by atoms with Crippen LogP contribution >= 0.6 is 0 Å². The minimum atomic E-state index is 1.04. The van der Waals surface area contributed by atoms with Crippen LogP contribution in [0.3, 0.4) is 0 Å². The number of fused-ring (bicyclic) bond motifs is 7. The van der Waals surface area contributed by atoms with Crippen molar-refractivity contribution in [1.29, 1.82) is 0 Å². The van der Waals surface area contributed by atoms with Gasteiger partial charge in [-0.3, -0.25) is 0 Å². The summed E-state index contributed by atoms with van der Waals surface area (Å²) in [5.41, 5.74) is 8.20. The summed E-state index contributed by atoms with van der Waals surface area (Å²) in [6.07, 6.45) is 0. The number of aromatic amines is 1. The summed E-state index contributed by atoms with van der Waals surface area (Å²) in [7, 11) is 1.04. The first-order valence-corrected chi connectivity index (χ1v) is 7.02. The van der Waals surface area contributed by atoms with Crippen molar-refractivity contribution in [2.24, 2.45) is 0 Å². The van der Waals surface area contributed by atoms with E-state index in [9.17, 15) is 0 Å². The second-order valence-corrected chi connectivity index (χ2v) is 5.52. The Hall–Kier alpha value is -2.48. The van der Waals surface area contributed by atoms with Gasteiger partial charge in [-0.25, -0.2) is 0 Å². The van der Waals surface area contributed by atoms with Crippen LogP contribution in [0.2, 0.25) is 0 Å². The predicted octanol–water partition coefficient (Wildman–Crippen LogP) is 2.69. The molecule has 2 heterocycles. The fourth-order valence-electron chi connectivity index (χ4n) is 3.54. The van der Waals surface area contributed by atoms with Crippen LogP contribution in [0.5, 0.6) is 0 Å². The van der Waals surface area contributed by atoms with Crippen LogP contribution in [-0.4, -0.2) is 12.3 Å². The summed E-state index contributed by atoms with van der Waals surface area (Å²) in [4.78, 5) is 3.61. The van der Waals surface area contributed by atoms with Gasteiger partial charge in [-0.1, -0.05) is 60.1 Å². The van der Waals surface area contributed by atoms with Crippen LogP contribution in [0.15, 0.2) is 60.7 Å². The summed E-state index contributed by atoms with van der Waals surface area (Å²) in [6.45, 7) is 0. The Morgan fingerprint density at radius 2 is 1.55 bits per heavy atom. The molecule has 4 aromatic rings. The SMILES string of the molecule is B1c2ccccc2-c2ccc3c([nH]c4ccccc43)c21. The topological polar surface area (TPSA) is 15.8 Å².